The van der Waals surface area contributed by atoms with E-state index in [1.807, 2.05) is 13.0 Å². The van der Waals surface area contributed by atoms with Gasteiger partial charge in [-0.1, -0.05) is 0 Å². The zero-order valence-corrected chi connectivity index (χ0v) is 10.6. The van der Waals surface area contributed by atoms with Gasteiger partial charge in [0.05, 0.1) is 4.92 Å². The number of aryl methyl sites for hydroxylation is 1. The maximum atomic E-state index is 10.7. The molecule has 1 saturated heterocycles. The van der Waals surface area contributed by atoms with Crippen LogP contribution < -0.4 is 10.6 Å². The van der Waals surface area contributed by atoms with Gasteiger partial charge >= 0.3 is 0 Å². The van der Waals surface area contributed by atoms with Crippen molar-refractivity contribution in [1.82, 2.24) is 0 Å². The van der Waals surface area contributed by atoms with Crippen LogP contribution in [-0.2, 0) is 0 Å². The number of benzene rings is 1. The van der Waals surface area contributed by atoms with Crippen molar-refractivity contribution in [3.05, 3.63) is 33.9 Å². The van der Waals surface area contributed by atoms with E-state index in [0.29, 0.717) is 12.6 Å². The molecule has 0 radical (unpaired) electrons. The Kier molecular flexibility index (Phi) is 3.81. The van der Waals surface area contributed by atoms with E-state index in [1.165, 1.54) is 6.42 Å². The molecular weight excluding hydrogens is 230 g/mol. The molecule has 1 atom stereocenters. The van der Waals surface area contributed by atoms with Crippen molar-refractivity contribution in [3.63, 3.8) is 0 Å². The minimum Gasteiger partial charge on any atom is -0.367 e. The average molecular weight is 249 g/mol. The highest BCUT2D eigenvalue weighted by Gasteiger charge is 2.23. The monoisotopic (exact) mass is 249 g/mol. The molecular formula is C13H19N3O2. The number of anilines is 1. The number of non-ortho nitro benzene ring substituents is 1. The molecule has 1 aromatic rings. The summed E-state index contributed by atoms with van der Waals surface area (Å²) < 4.78 is 0. The van der Waals surface area contributed by atoms with Gasteiger partial charge < -0.3 is 10.6 Å². The summed E-state index contributed by atoms with van der Waals surface area (Å²) in [5.74, 6) is 0. The van der Waals surface area contributed by atoms with Crippen molar-refractivity contribution in [1.29, 1.82) is 0 Å². The summed E-state index contributed by atoms with van der Waals surface area (Å²) in [6.45, 7) is 3.54. The molecule has 0 spiro atoms. The Labute approximate surface area is 107 Å². The van der Waals surface area contributed by atoms with E-state index >= 15 is 0 Å². The second-order valence-corrected chi connectivity index (χ2v) is 4.81. The van der Waals surface area contributed by atoms with Crippen molar-refractivity contribution in [3.8, 4) is 0 Å². The lowest BCUT2D eigenvalue weighted by Gasteiger charge is -2.37. The highest BCUT2D eigenvalue weighted by atomic mass is 16.6. The lowest BCUT2D eigenvalue weighted by atomic mass is 10.00. The van der Waals surface area contributed by atoms with E-state index in [9.17, 15) is 10.1 Å². The standard InChI is InChI=1S/C13H19N3O2/c1-10-8-11(16(17)18)5-6-13(10)15-7-3-2-4-12(15)9-14/h5-6,8,12H,2-4,7,9,14H2,1H3. The summed E-state index contributed by atoms with van der Waals surface area (Å²) in [6, 6.07) is 5.42. The van der Waals surface area contributed by atoms with E-state index in [-0.39, 0.29) is 10.6 Å². The van der Waals surface area contributed by atoms with Gasteiger partial charge in [0.2, 0.25) is 0 Å². The van der Waals surface area contributed by atoms with Gasteiger partial charge in [-0.15, -0.1) is 0 Å². The van der Waals surface area contributed by atoms with E-state index in [0.717, 1.165) is 30.6 Å². The molecule has 98 valence electrons. The molecule has 18 heavy (non-hydrogen) atoms. The average Bonchev–Trinajstić information content (AvgIpc) is 2.38. The number of rotatable bonds is 3. The Balaban J connectivity index is 2.29. The van der Waals surface area contributed by atoms with Crippen LogP contribution in [-0.4, -0.2) is 24.1 Å². The largest absolute Gasteiger partial charge is 0.367 e. The quantitative estimate of drug-likeness (QED) is 0.658. The van der Waals surface area contributed by atoms with Gasteiger partial charge in [0.25, 0.3) is 5.69 Å². The molecule has 1 fully saturated rings. The number of piperidine rings is 1. The topological polar surface area (TPSA) is 72.4 Å². The molecule has 5 heteroatoms. The number of nitrogens with two attached hydrogens (primary N) is 1. The van der Waals surface area contributed by atoms with Crippen LogP contribution in [0.25, 0.3) is 0 Å². The molecule has 0 amide bonds. The number of nitro benzene ring substituents is 1. The predicted molar refractivity (Wildman–Crippen MR) is 71.9 cm³/mol. The van der Waals surface area contributed by atoms with Crippen LogP contribution in [0.2, 0.25) is 0 Å². The molecule has 0 saturated carbocycles. The molecule has 0 aliphatic carbocycles. The summed E-state index contributed by atoms with van der Waals surface area (Å²) in [7, 11) is 0. The van der Waals surface area contributed by atoms with Crippen molar-refractivity contribution in [2.45, 2.75) is 32.2 Å². The molecule has 1 aromatic carbocycles. The third-order valence-corrected chi connectivity index (χ3v) is 3.60. The Hall–Kier alpha value is -1.62. The zero-order valence-electron chi connectivity index (χ0n) is 10.6. The van der Waals surface area contributed by atoms with Crippen LogP contribution in [0.3, 0.4) is 0 Å². The van der Waals surface area contributed by atoms with Gasteiger partial charge in [0, 0.05) is 37.0 Å². The summed E-state index contributed by atoms with van der Waals surface area (Å²) >= 11 is 0. The molecule has 0 bridgehead atoms. The first kappa shape index (κ1) is 12.8. The number of hydrogen-bond acceptors (Lipinski definition) is 4. The predicted octanol–water partition coefficient (Wildman–Crippen LogP) is 2.22. The Morgan fingerprint density at radius 1 is 1.50 bits per heavy atom. The van der Waals surface area contributed by atoms with Crippen LogP contribution in [0.4, 0.5) is 11.4 Å². The first-order valence-corrected chi connectivity index (χ1v) is 6.35. The van der Waals surface area contributed by atoms with E-state index in [2.05, 4.69) is 4.90 Å². The smallest absolute Gasteiger partial charge is 0.269 e. The minimum absolute atomic E-state index is 0.151. The third-order valence-electron chi connectivity index (χ3n) is 3.60. The molecule has 0 aromatic heterocycles. The first-order chi connectivity index (χ1) is 8.63. The fourth-order valence-corrected chi connectivity index (χ4v) is 2.64. The van der Waals surface area contributed by atoms with E-state index in [1.54, 1.807) is 12.1 Å². The summed E-state index contributed by atoms with van der Waals surface area (Å²) in [6.07, 6.45) is 3.48. The van der Waals surface area contributed by atoms with Crippen LogP contribution in [0.15, 0.2) is 18.2 Å². The van der Waals surface area contributed by atoms with E-state index < -0.39 is 0 Å². The maximum Gasteiger partial charge on any atom is 0.269 e. The van der Waals surface area contributed by atoms with Crippen LogP contribution in [0, 0.1) is 17.0 Å². The zero-order chi connectivity index (χ0) is 13.1. The first-order valence-electron chi connectivity index (χ1n) is 6.35. The SMILES string of the molecule is Cc1cc([N+](=O)[O-])ccc1N1CCCCC1CN. The highest BCUT2D eigenvalue weighted by molar-refractivity contribution is 5.58. The van der Waals surface area contributed by atoms with Gasteiger partial charge in [-0.05, 0) is 37.8 Å². The second-order valence-electron chi connectivity index (χ2n) is 4.81. The lowest BCUT2D eigenvalue weighted by molar-refractivity contribution is -0.384. The molecule has 5 nitrogen and oxygen atoms in total. The van der Waals surface area contributed by atoms with Crippen molar-refractivity contribution in [2.75, 3.05) is 18.0 Å². The van der Waals surface area contributed by atoms with Gasteiger partial charge in [-0.3, -0.25) is 10.1 Å². The van der Waals surface area contributed by atoms with Crippen molar-refractivity contribution < 1.29 is 4.92 Å². The molecule has 1 heterocycles. The summed E-state index contributed by atoms with van der Waals surface area (Å²) in [5.41, 5.74) is 7.99. The Bertz CT molecular complexity index is 448. The van der Waals surface area contributed by atoms with Gasteiger partial charge in [0.15, 0.2) is 0 Å². The molecule has 2 N–H and O–H groups in total. The fourth-order valence-electron chi connectivity index (χ4n) is 2.64. The van der Waals surface area contributed by atoms with Crippen LogP contribution in [0.1, 0.15) is 24.8 Å². The number of nitrogens with zero attached hydrogens (tertiary/aromatic N) is 2. The maximum absolute atomic E-state index is 10.7. The van der Waals surface area contributed by atoms with Crippen LogP contribution >= 0.6 is 0 Å². The molecule has 1 aliphatic rings. The number of hydrogen-bond donors (Lipinski definition) is 1. The Morgan fingerprint density at radius 3 is 2.89 bits per heavy atom. The summed E-state index contributed by atoms with van der Waals surface area (Å²) in [4.78, 5) is 12.7. The highest BCUT2D eigenvalue weighted by Crippen LogP contribution is 2.29. The summed E-state index contributed by atoms with van der Waals surface area (Å²) in [5, 5.41) is 10.7. The molecule has 1 unspecified atom stereocenters. The fraction of sp³-hybridized carbons (Fsp3) is 0.538. The van der Waals surface area contributed by atoms with Gasteiger partial charge in [0.1, 0.15) is 0 Å². The van der Waals surface area contributed by atoms with Crippen molar-refractivity contribution in [2.24, 2.45) is 5.73 Å². The Morgan fingerprint density at radius 2 is 2.28 bits per heavy atom. The van der Waals surface area contributed by atoms with Gasteiger partial charge in [-0.25, -0.2) is 0 Å². The number of nitro groups is 1. The third kappa shape index (κ3) is 2.46. The lowest BCUT2D eigenvalue weighted by Crippen LogP contribution is -2.44. The van der Waals surface area contributed by atoms with Crippen LogP contribution in [0.5, 0.6) is 0 Å². The van der Waals surface area contributed by atoms with E-state index in [4.69, 9.17) is 5.73 Å². The van der Waals surface area contributed by atoms with Gasteiger partial charge in [-0.2, -0.15) is 0 Å². The molecule has 1 aliphatic heterocycles. The van der Waals surface area contributed by atoms with Crippen molar-refractivity contribution >= 4 is 11.4 Å². The normalized spacial score (nSPS) is 19.9. The minimum atomic E-state index is -0.354. The molecule has 2 rings (SSSR count). The second kappa shape index (κ2) is 5.35.